The molecule has 0 fully saturated rings. The van der Waals surface area contributed by atoms with Gasteiger partial charge in [-0.2, -0.15) is 0 Å². The molecule has 0 aliphatic rings. The number of primary amides is 1. The van der Waals surface area contributed by atoms with E-state index in [1.807, 2.05) is 0 Å². The van der Waals surface area contributed by atoms with Crippen LogP contribution in [0.25, 0.3) is 0 Å². The minimum Gasteiger partial charge on any atom is -0.483 e. The molecular formula is C15H13N3O5. The van der Waals surface area contributed by atoms with Crippen LogP contribution in [0, 0.1) is 10.1 Å². The number of carbonyl (C=O) groups is 2. The first-order valence-corrected chi connectivity index (χ1v) is 6.53. The van der Waals surface area contributed by atoms with Crippen LogP contribution in [0.3, 0.4) is 0 Å². The van der Waals surface area contributed by atoms with E-state index in [9.17, 15) is 19.7 Å². The SMILES string of the molecule is NC(=O)c1ccccc1OCC(=O)Nc1cccc([N+](=O)[O-])c1. The molecule has 8 nitrogen and oxygen atoms in total. The minimum atomic E-state index is -0.667. The average molecular weight is 315 g/mol. The number of hydrogen-bond acceptors (Lipinski definition) is 5. The first-order chi connectivity index (χ1) is 11.0. The molecule has 0 saturated carbocycles. The molecule has 0 aliphatic carbocycles. The van der Waals surface area contributed by atoms with Gasteiger partial charge in [-0.05, 0) is 18.2 Å². The predicted molar refractivity (Wildman–Crippen MR) is 82.2 cm³/mol. The summed E-state index contributed by atoms with van der Waals surface area (Å²) in [5.41, 5.74) is 5.51. The summed E-state index contributed by atoms with van der Waals surface area (Å²) in [6.07, 6.45) is 0. The Hall–Kier alpha value is -3.42. The molecule has 118 valence electrons. The van der Waals surface area contributed by atoms with E-state index in [1.54, 1.807) is 12.1 Å². The average Bonchev–Trinajstić information content (AvgIpc) is 2.53. The van der Waals surface area contributed by atoms with Gasteiger partial charge in [0.2, 0.25) is 0 Å². The van der Waals surface area contributed by atoms with Gasteiger partial charge in [-0.1, -0.05) is 18.2 Å². The second-order valence-corrected chi connectivity index (χ2v) is 4.50. The summed E-state index contributed by atoms with van der Waals surface area (Å²) in [6, 6.07) is 11.8. The number of benzene rings is 2. The Kier molecular flexibility index (Phi) is 4.88. The van der Waals surface area contributed by atoms with Crippen molar-refractivity contribution in [2.45, 2.75) is 0 Å². The summed E-state index contributed by atoms with van der Waals surface area (Å²) in [5.74, 6) is -1.00. The summed E-state index contributed by atoms with van der Waals surface area (Å²) in [5, 5.41) is 13.1. The third kappa shape index (κ3) is 4.27. The highest BCUT2D eigenvalue weighted by atomic mass is 16.6. The van der Waals surface area contributed by atoms with E-state index in [4.69, 9.17) is 10.5 Å². The van der Waals surface area contributed by atoms with Crippen molar-refractivity contribution in [1.82, 2.24) is 0 Å². The maximum Gasteiger partial charge on any atom is 0.271 e. The number of non-ortho nitro benzene ring substituents is 1. The van der Waals surface area contributed by atoms with Crippen LogP contribution in [0.1, 0.15) is 10.4 Å². The molecule has 0 saturated heterocycles. The summed E-state index contributed by atoms with van der Waals surface area (Å²) in [4.78, 5) is 33.2. The molecule has 2 aromatic rings. The lowest BCUT2D eigenvalue weighted by molar-refractivity contribution is -0.384. The van der Waals surface area contributed by atoms with Crippen LogP contribution in [-0.4, -0.2) is 23.3 Å². The van der Waals surface area contributed by atoms with Crippen LogP contribution >= 0.6 is 0 Å². The van der Waals surface area contributed by atoms with E-state index in [-0.39, 0.29) is 29.3 Å². The van der Waals surface area contributed by atoms with Crippen molar-refractivity contribution in [3.63, 3.8) is 0 Å². The molecule has 2 rings (SSSR count). The number of carbonyl (C=O) groups excluding carboxylic acids is 2. The fourth-order valence-corrected chi connectivity index (χ4v) is 1.83. The number of nitro groups is 1. The van der Waals surface area contributed by atoms with Crippen LogP contribution in [0.4, 0.5) is 11.4 Å². The lowest BCUT2D eigenvalue weighted by Gasteiger charge is -2.09. The van der Waals surface area contributed by atoms with Crippen LogP contribution in [-0.2, 0) is 4.79 Å². The first kappa shape index (κ1) is 16.0. The highest BCUT2D eigenvalue weighted by molar-refractivity contribution is 5.96. The summed E-state index contributed by atoms with van der Waals surface area (Å²) < 4.78 is 5.26. The number of nitrogens with one attached hydrogen (secondary N) is 1. The van der Waals surface area contributed by atoms with Crippen LogP contribution in [0.15, 0.2) is 48.5 Å². The molecular weight excluding hydrogens is 302 g/mol. The molecule has 0 radical (unpaired) electrons. The third-order valence-corrected chi connectivity index (χ3v) is 2.85. The quantitative estimate of drug-likeness (QED) is 0.620. The Bertz CT molecular complexity index is 760. The molecule has 2 aromatic carbocycles. The molecule has 0 spiro atoms. The highest BCUT2D eigenvalue weighted by Gasteiger charge is 2.11. The second-order valence-electron chi connectivity index (χ2n) is 4.50. The number of anilines is 1. The fraction of sp³-hybridized carbons (Fsp3) is 0.0667. The minimum absolute atomic E-state index is 0.136. The number of para-hydroxylation sites is 1. The molecule has 0 aliphatic heterocycles. The highest BCUT2D eigenvalue weighted by Crippen LogP contribution is 2.18. The molecule has 8 heteroatoms. The maximum atomic E-state index is 11.8. The zero-order valence-electron chi connectivity index (χ0n) is 11.9. The van der Waals surface area contributed by atoms with Gasteiger partial charge in [-0.25, -0.2) is 0 Å². The number of nitrogens with zero attached hydrogens (tertiary/aromatic N) is 1. The van der Waals surface area contributed by atoms with Gasteiger partial charge in [0.1, 0.15) is 5.75 Å². The largest absolute Gasteiger partial charge is 0.483 e. The van der Waals surface area contributed by atoms with E-state index in [0.29, 0.717) is 0 Å². The second kappa shape index (κ2) is 7.03. The van der Waals surface area contributed by atoms with E-state index in [1.165, 1.54) is 36.4 Å². The van der Waals surface area contributed by atoms with Crippen LogP contribution in [0.5, 0.6) is 5.75 Å². The topological polar surface area (TPSA) is 125 Å². The van der Waals surface area contributed by atoms with Crippen molar-refractivity contribution < 1.29 is 19.2 Å². The van der Waals surface area contributed by atoms with Gasteiger partial charge < -0.3 is 15.8 Å². The van der Waals surface area contributed by atoms with Crippen molar-refractivity contribution in [2.75, 3.05) is 11.9 Å². The van der Waals surface area contributed by atoms with Gasteiger partial charge in [0, 0.05) is 17.8 Å². The van der Waals surface area contributed by atoms with Crippen molar-refractivity contribution in [3.8, 4) is 5.75 Å². The zero-order valence-corrected chi connectivity index (χ0v) is 11.9. The van der Waals surface area contributed by atoms with Gasteiger partial charge >= 0.3 is 0 Å². The van der Waals surface area contributed by atoms with Crippen molar-refractivity contribution >= 4 is 23.2 Å². The van der Waals surface area contributed by atoms with Gasteiger partial charge in [0.05, 0.1) is 10.5 Å². The predicted octanol–water partition coefficient (Wildman–Crippen LogP) is 1.71. The smallest absolute Gasteiger partial charge is 0.271 e. The van der Waals surface area contributed by atoms with Crippen LogP contribution < -0.4 is 15.8 Å². The summed E-state index contributed by atoms with van der Waals surface area (Å²) >= 11 is 0. The van der Waals surface area contributed by atoms with E-state index in [2.05, 4.69) is 5.32 Å². The summed E-state index contributed by atoms with van der Waals surface area (Å²) in [7, 11) is 0. The Balaban J connectivity index is 2.00. The van der Waals surface area contributed by atoms with Crippen molar-refractivity contribution in [2.24, 2.45) is 5.73 Å². The Morgan fingerprint density at radius 3 is 2.61 bits per heavy atom. The zero-order chi connectivity index (χ0) is 16.8. The standard InChI is InChI=1S/C15H13N3O5/c16-15(20)12-6-1-2-7-13(12)23-9-14(19)17-10-4-3-5-11(8-10)18(21)22/h1-8H,9H2,(H2,16,20)(H,17,19). The van der Waals surface area contributed by atoms with Crippen molar-refractivity contribution in [1.29, 1.82) is 0 Å². The number of ether oxygens (including phenoxy) is 1. The number of nitro benzene ring substituents is 1. The molecule has 23 heavy (non-hydrogen) atoms. The third-order valence-electron chi connectivity index (χ3n) is 2.85. The number of nitrogens with two attached hydrogens (primary N) is 1. The van der Waals surface area contributed by atoms with Gasteiger partial charge in [-0.3, -0.25) is 19.7 Å². The lowest BCUT2D eigenvalue weighted by Crippen LogP contribution is -2.21. The van der Waals surface area contributed by atoms with Crippen molar-refractivity contribution in [3.05, 3.63) is 64.2 Å². The molecule has 3 N–H and O–H groups in total. The van der Waals surface area contributed by atoms with Crippen LogP contribution in [0.2, 0.25) is 0 Å². The lowest BCUT2D eigenvalue weighted by atomic mass is 10.2. The summed E-state index contributed by atoms with van der Waals surface area (Å²) in [6.45, 7) is -0.368. The number of amides is 2. The Labute approximate surface area is 131 Å². The van der Waals surface area contributed by atoms with E-state index < -0.39 is 16.7 Å². The van der Waals surface area contributed by atoms with Gasteiger partial charge in [0.25, 0.3) is 17.5 Å². The maximum absolute atomic E-state index is 11.8. The molecule has 0 heterocycles. The van der Waals surface area contributed by atoms with E-state index >= 15 is 0 Å². The first-order valence-electron chi connectivity index (χ1n) is 6.53. The normalized spacial score (nSPS) is 9.91. The van der Waals surface area contributed by atoms with E-state index in [0.717, 1.165) is 0 Å². The Morgan fingerprint density at radius 1 is 1.17 bits per heavy atom. The number of hydrogen-bond donors (Lipinski definition) is 2. The molecule has 2 amide bonds. The van der Waals surface area contributed by atoms with Gasteiger partial charge in [-0.15, -0.1) is 0 Å². The molecule has 0 aromatic heterocycles. The van der Waals surface area contributed by atoms with Gasteiger partial charge in [0.15, 0.2) is 6.61 Å². The Morgan fingerprint density at radius 2 is 1.91 bits per heavy atom. The molecule has 0 bridgehead atoms. The molecule has 0 atom stereocenters. The monoisotopic (exact) mass is 315 g/mol. The fourth-order valence-electron chi connectivity index (χ4n) is 1.83. The number of rotatable bonds is 6. The molecule has 0 unspecified atom stereocenters.